The van der Waals surface area contributed by atoms with E-state index in [0.29, 0.717) is 10.0 Å². The van der Waals surface area contributed by atoms with E-state index >= 15 is 0 Å². The molecule has 21 heavy (non-hydrogen) atoms. The zero-order chi connectivity index (χ0) is 15.4. The molecule has 0 saturated heterocycles. The van der Waals surface area contributed by atoms with Crippen LogP contribution in [0.1, 0.15) is 5.56 Å². The zero-order valence-electron chi connectivity index (χ0n) is 10.5. The zero-order valence-corrected chi connectivity index (χ0v) is 12.1. The molecule has 0 aliphatic heterocycles. The van der Waals surface area contributed by atoms with Crippen molar-refractivity contribution in [1.29, 1.82) is 0 Å². The van der Waals surface area contributed by atoms with Gasteiger partial charge >= 0.3 is 6.61 Å². The van der Waals surface area contributed by atoms with Gasteiger partial charge in [0.05, 0.1) is 0 Å². The van der Waals surface area contributed by atoms with Crippen molar-refractivity contribution in [1.82, 2.24) is 0 Å². The molecule has 112 valence electrons. The van der Waals surface area contributed by atoms with Crippen LogP contribution in [-0.2, 0) is 6.54 Å². The summed E-state index contributed by atoms with van der Waals surface area (Å²) in [5.74, 6) is -1.58. The van der Waals surface area contributed by atoms with E-state index in [1.165, 1.54) is 24.3 Å². The molecule has 7 heteroatoms. The summed E-state index contributed by atoms with van der Waals surface area (Å²) in [5, 5.41) is 2.54. The van der Waals surface area contributed by atoms with Gasteiger partial charge in [-0.3, -0.25) is 0 Å². The van der Waals surface area contributed by atoms with Crippen molar-refractivity contribution in [3.63, 3.8) is 0 Å². The number of benzene rings is 2. The summed E-state index contributed by atoms with van der Waals surface area (Å²) in [6, 6.07) is 7.85. The minimum Gasteiger partial charge on any atom is -0.434 e. The number of anilines is 1. The molecule has 0 aromatic heterocycles. The van der Waals surface area contributed by atoms with Crippen LogP contribution >= 0.6 is 15.9 Å². The Kier molecular flexibility index (Phi) is 5.06. The number of nitrogens with one attached hydrogen (secondary N) is 1. The van der Waals surface area contributed by atoms with Gasteiger partial charge in [0.15, 0.2) is 0 Å². The van der Waals surface area contributed by atoms with Crippen molar-refractivity contribution in [3.8, 4) is 5.75 Å². The van der Waals surface area contributed by atoms with Gasteiger partial charge in [0.1, 0.15) is 23.1 Å². The minimum absolute atomic E-state index is 0.0579. The Bertz CT molecular complexity index is 616. The number of alkyl halides is 2. The molecule has 1 N–H and O–H groups in total. The maximum Gasteiger partial charge on any atom is 0.387 e. The van der Waals surface area contributed by atoms with E-state index < -0.39 is 18.2 Å². The molecule has 0 atom stereocenters. The molecule has 0 radical (unpaired) electrons. The number of rotatable bonds is 5. The third kappa shape index (κ3) is 4.10. The van der Waals surface area contributed by atoms with Crippen LogP contribution in [-0.4, -0.2) is 6.61 Å². The standard InChI is InChI=1S/C14H10BrF4NO/c15-9-4-5-12(21-14(18)19)8(6-9)7-20-13-10(16)2-1-3-11(13)17/h1-6,14,20H,7H2. The Balaban J connectivity index is 2.21. The van der Waals surface area contributed by atoms with E-state index in [0.717, 1.165) is 12.1 Å². The molecule has 2 rings (SSSR count). The number of para-hydroxylation sites is 1. The summed E-state index contributed by atoms with van der Waals surface area (Å²) in [4.78, 5) is 0. The van der Waals surface area contributed by atoms with Gasteiger partial charge in [-0.1, -0.05) is 22.0 Å². The van der Waals surface area contributed by atoms with Gasteiger partial charge in [0.2, 0.25) is 0 Å². The molecule has 0 fully saturated rings. The summed E-state index contributed by atoms with van der Waals surface area (Å²) in [6.45, 7) is -3.05. The number of hydrogen-bond acceptors (Lipinski definition) is 2. The van der Waals surface area contributed by atoms with Crippen molar-refractivity contribution in [3.05, 3.63) is 58.1 Å². The van der Waals surface area contributed by atoms with Gasteiger partial charge in [-0.15, -0.1) is 0 Å². The molecule has 0 amide bonds. The van der Waals surface area contributed by atoms with Gasteiger partial charge in [-0.2, -0.15) is 8.78 Å². The van der Waals surface area contributed by atoms with Crippen molar-refractivity contribution in [2.75, 3.05) is 5.32 Å². The summed E-state index contributed by atoms with van der Waals surface area (Å²) in [7, 11) is 0. The second kappa shape index (κ2) is 6.80. The van der Waals surface area contributed by atoms with Crippen LogP contribution in [0.15, 0.2) is 40.9 Å². The Morgan fingerprint density at radius 1 is 1.10 bits per heavy atom. The SMILES string of the molecule is Fc1cccc(F)c1NCc1cc(Br)ccc1OC(F)F. The van der Waals surface area contributed by atoms with Gasteiger partial charge in [0, 0.05) is 16.6 Å². The summed E-state index contributed by atoms with van der Waals surface area (Å²) >= 11 is 3.20. The molecule has 2 aromatic rings. The number of halogens is 5. The average molecular weight is 364 g/mol. The molecule has 0 aliphatic rings. The van der Waals surface area contributed by atoms with E-state index in [-0.39, 0.29) is 18.0 Å². The van der Waals surface area contributed by atoms with E-state index in [1.807, 2.05) is 0 Å². The average Bonchev–Trinajstić information content (AvgIpc) is 2.40. The van der Waals surface area contributed by atoms with Crippen molar-refractivity contribution >= 4 is 21.6 Å². The van der Waals surface area contributed by atoms with Gasteiger partial charge < -0.3 is 10.1 Å². The molecule has 0 aliphatic carbocycles. The van der Waals surface area contributed by atoms with E-state index in [1.54, 1.807) is 0 Å². The molecular weight excluding hydrogens is 354 g/mol. The van der Waals surface area contributed by atoms with Gasteiger partial charge in [0.25, 0.3) is 0 Å². The first-order valence-corrected chi connectivity index (χ1v) is 6.68. The Morgan fingerprint density at radius 3 is 2.38 bits per heavy atom. The van der Waals surface area contributed by atoms with Crippen molar-refractivity contribution in [2.24, 2.45) is 0 Å². The third-order valence-corrected chi connectivity index (χ3v) is 3.15. The summed E-state index contributed by atoms with van der Waals surface area (Å²) in [6.07, 6.45) is 0. The van der Waals surface area contributed by atoms with Crippen LogP contribution in [0.2, 0.25) is 0 Å². The van der Waals surface area contributed by atoms with Crippen LogP contribution in [0.4, 0.5) is 23.2 Å². The van der Waals surface area contributed by atoms with E-state index in [9.17, 15) is 17.6 Å². The van der Waals surface area contributed by atoms with Crippen molar-refractivity contribution in [2.45, 2.75) is 13.2 Å². The quantitative estimate of drug-likeness (QED) is 0.759. The van der Waals surface area contributed by atoms with Crippen LogP contribution < -0.4 is 10.1 Å². The molecule has 0 heterocycles. The lowest BCUT2D eigenvalue weighted by atomic mass is 10.2. The van der Waals surface area contributed by atoms with Crippen molar-refractivity contribution < 1.29 is 22.3 Å². The lowest BCUT2D eigenvalue weighted by molar-refractivity contribution is -0.0504. The molecule has 0 bridgehead atoms. The largest absolute Gasteiger partial charge is 0.434 e. The normalized spacial score (nSPS) is 10.8. The highest BCUT2D eigenvalue weighted by Gasteiger charge is 2.12. The van der Waals surface area contributed by atoms with Crippen LogP contribution in [0.5, 0.6) is 5.75 Å². The number of ether oxygens (including phenoxy) is 1. The highest BCUT2D eigenvalue weighted by atomic mass is 79.9. The predicted octanol–water partition coefficient (Wildman–Crippen LogP) is 4.94. The predicted molar refractivity (Wildman–Crippen MR) is 74.5 cm³/mol. The lowest BCUT2D eigenvalue weighted by Crippen LogP contribution is -2.08. The first kappa shape index (κ1) is 15.6. The Labute approximate surface area is 126 Å². The molecular formula is C14H10BrF4NO. The summed E-state index contributed by atoms with van der Waals surface area (Å²) in [5.41, 5.74) is 0.0211. The second-order valence-electron chi connectivity index (χ2n) is 4.08. The fourth-order valence-electron chi connectivity index (χ4n) is 1.75. The summed E-state index contributed by atoms with van der Waals surface area (Å²) < 4.78 is 56.6. The second-order valence-corrected chi connectivity index (χ2v) is 5.00. The smallest absolute Gasteiger partial charge is 0.387 e. The molecule has 2 nitrogen and oxygen atoms in total. The third-order valence-electron chi connectivity index (χ3n) is 2.66. The Morgan fingerprint density at radius 2 is 1.76 bits per heavy atom. The van der Waals surface area contributed by atoms with Gasteiger partial charge in [-0.25, -0.2) is 8.78 Å². The molecule has 0 unspecified atom stereocenters. The fourth-order valence-corrected chi connectivity index (χ4v) is 2.16. The van der Waals surface area contributed by atoms with Gasteiger partial charge in [-0.05, 0) is 30.3 Å². The van der Waals surface area contributed by atoms with E-state index in [4.69, 9.17) is 0 Å². The molecule has 0 saturated carbocycles. The number of hydrogen-bond donors (Lipinski definition) is 1. The molecule has 2 aromatic carbocycles. The van der Waals surface area contributed by atoms with Crippen LogP contribution in [0.3, 0.4) is 0 Å². The molecule has 0 spiro atoms. The van der Waals surface area contributed by atoms with E-state index in [2.05, 4.69) is 26.0 Å². The first-order valence-electron chi connectivity index (χ1n) is 5.88. The van der Waals surface area contributed by atoms with Crippen LogP contribution in [0.25, 0.3) is 0 Å². The highest BCUT2D eigenvalue weighted by Crippen LogP contribution is 2.27. The fraction of sp³-hybridized carbons (Fsp3) is 0.143. The lowest BCUT2D eigenvalue weighted by Gasteiger charge is -2.13. The minimum atomic E-state index is -2.98. The monoisotopic (exact) mass is 363 g/mol. The van der Waals surface area contributed by atoms with Crippen LogP contribution in [0, 0.1) is 11.6 Å². The first-order chi connectivity index (χ1) is 9.97. The maximum absolute atomic E-state index is 13.5. The highest BCUT2D eigenvalue weighted by molar-refractivity contribution is 9.10. The maximum atomic E-state index is 13.5. The Hall–Kier alpha value is -1.76. The topological polar surface area (TPSA) is 21.3 Å².